The second-order valence-electron chi connectivity index (χ2n) is 4.53. The normalized spacial score (nSPS) is 10.5. The van der Waals surface area contributed by atoms with E-state index in [9.17, 15) is 13.6 Å². The molecule has 2 aromatic rings. The van der Waals surface area contributed by atoms with Crippen LogP contribution in [0.25, 0.3) is 0 Å². The van der Waals surface area contributed by atoms with Crippen molar-refractivity contribution >= 4 is 28.5 Å². The Hall–Kier alpha value is -1.90. The molecule has 1 amide bonds. The SMILES string of the molecule is COc1ccc(CNC(=O)c2ccccc2I)cc1OC(F)F. The fourth-order valence-corrected chi connectivity index (χ4v) is 2.57. The summed E-state index contributed by atoms with van der Waals surface area (Å²) < 4.78 is 35.0. The molecule has 122 valence electrons. The molecule has 0 radical (unpaired) electrons. The van der Waals surface area contributed by atoms with Crippen molar-refractivity contribution in [1.82, 2.24) is 5.32 Å². The molecule has 0 aliphatic carbocycles. The maximum atomic E-state index is 12.4. The predicted molar refractivity (Wildman–Crippen MR) is 90.0 cm³/mol. The number of amides is 1. The van der Waals surface area contributed by atoms with E-state index in [0.29, 0.717) is 11.1 Å². The van der Waals surface area contributed by atoms with Crippen LogP contribution in [-0.2, 0) is 6.54 Å². The second kappa shape index (κ2) is 8.09. The Balaban J connectivity index is 2.08. The highest BCUT2D eigenvalue weighted by atomic mass is 127. The molecule has 0 atom stereocenters. The van der Waals surface area contributed by atoms with Gasteiger partial charge >= 0.3 is 6.61 Å². The minimum Gasteiger partial charge on any atom is -0.493 e. The predicted octanol–water partition coefficient (Wildman–Crippen LogP) is 3.83. The van der Waals surface area contributed by atoms with Gasteiger partial charge in [0.2, 0.25) is 0 Å². The van der Waals surface area contributed by atoms with Gasteiger partial charge in [0.05, 0.1) is 12.7 Å². The summed E-state index contributed by atoms with van der Waals surface area (Å²) in [5.41, 5.74) is 1.19. The number of nitrogens with one attached hydrogen (secondary N) is 1. The first-order chi connectivity index (χ1) is 11.0. The van der Waals surface area contributed by atoms with Crippen LogP contribution in [-0.4, -0.2) is 19.6 Å². The smallest absolute Gasteiger partial charge is 0.387 e. The lowest BCUT2D eigenvalue weighted by molar-refractivity contribution is -0.0512. The lowest BCUT2D eigenvalue weighted by Crippen LogP contribution is -2.23. The summed E-state index contributed by atoms with van der Waals surface area (Å²) in [6, 6.07) is 11.8. The van der Waals surface area contributed by atoms with Crippen molar-refractivity contribution in [2.45, 2.75) is 13.2 Å². The van der Waals surface area contributed by atoms with Gasteiger partial charge in [-0.1, -0.05) is 18.2 Å². The maximum Gasteiger partial charge on any atom is 0.387 e. The Morgan fingerprint density at radius 3 is 2.61 bits per heavy atom. The van der Waals surface area contributed by atoms with Crippen molar-refractivity contribution in [1.29, 1.82) is 0 Å². The van der Waals surface area contributed by atoms with E-state index in [0.717, 1.165) is 3.57 Å². The first-order valence-corrected chi connectivity index (χ1v) is 7.73. The molecule has 2 rings (SSSR count). The standard InChI is InChI=1S/C16H14F2INO3/c1-22-13-7-6-10(8-14(13)23-16(17)18)9-20-15(21)11-4-2-3-5-12(11)19/h2-8,16H,9H2,1H3,(H,20,21). The fraction of sp³-hybridized carbons (Fsp3) is 0.188. The number of methoxy groups -OCH3 is 1. The maximum absolute atomic E-state index is 12.4. The van der Waals surface area contributed by atoms with E-state index in [1.54, 1.807) is 18.2 Å². The number of halogens is 3. The molecule has 0 aromatic heterocycles. The molecule has 0 saturated carbocycles. The van der Waals surface area contributed by atoms with Crippen molar-refractivity contribution < 1.29 is 23.0 Å². The Labute approximate surface area is 145 Å². The average molecular weight is 433 g/mol. The molecule has 0 bridgehead atoms. The fourth-order valence-electron chi connectivity index (χ4n) is 1.94. The van der Waals surface area contributed by atoms with Crippen LogP contribution in [0, 0.1) is 3.57 Å². The van der Waals surface area contributed by atoms with Crippen molar-refractivity contribution in [3.05, 3.63) is 57.2 Å². The van der Waals surface area contributed by atoms with E-state index in [4.69, 9.17) is 4.74 Å². The zero-order valence-electron chi connectivity index (χ0n) is 12.2. The van der Waals surface area contributed by atoms with Gasteiger partial charge < -0.3 is 14.8 Å². The van der Waals surface area contributed by atoms with Crippen LogP contribution in [0.15, 0.2) is 42.5 Å². The van der Waals surface area contributed by atoms with Crippen LogP contribution < -0.4 is 14.8 Å². The first kappa shape index (κ1) is 17.5. The molecule has 4 nitrogen and oxygen atoms in total. The zero-order chi connectivity index (χ0) is 16.8. The Morgan fingerprint density at radius 1 is 1.22 bits per heavy atom. The van der Waals surface area contributed by atoms with Crippen LogP contribution >= 0.6 is 22.6 Å². The van der Waals surface area contributed by atoms with Crippen molar-refractivity contribution in [3.63, 3.8) is 0 Å². The summed E-state index contributed by atoms with van der Waals surface area (Å²) in [5, 5.41) is 2.75. The van der Waals surface area contributed by atoms with E-state index in [2.05, 4.69) is 32.6 Å². The van der Waals surface area contributed by atoms with Gasteiger partial charge in [-0.2, -0.15) is 8.78 Å². The zero-order valence-corrected chi connectivity index (χ0v) is 14.3. The lowest BCUT2D eigenvalue weighted by Gasteiger charge is -2.12. The van der Waals surface area contributed by atoms with Crippen molar-refractivity contribution in [2.24, 2.45) is 0 Å². The van der Waals surface area contributed by atoms with Gasteiger partial charge in [0, 0.05) is 10.1 Å². The highest BCUT2D eigenvalue weighted by Crippen LogP contribution is 2.29. The minimum atomic E-state index is -2.94. The first-order valence-electron chi connectivity index (χ1n) is 6.65. The van der Waals surface area contributed by atoms with E-state index >= 15 is 0 Å². The van der Waals surface area contributed by atoms with Gasteiger partial charge in [0.25, 0.3) is 5.91 Å². The van der Waals surface area contributed by atoms with Crippen LogP contribution in [0.4, 0.5) is 8.78 Å². The van der Waals surface area contributed by atoms with Crippen LogP contribution in [0.5, 0.6) is 11.5 Å². The Morgan fingerprint density at radius 2 is 1.96 bits per heavy atom. The number of carbonyl (C=O) groups excluding carboxylic acids is 1. The van der Waals surface area contributed by atoms with Gasteiger partial charge in [-0.15, -0.1) is 0 Å². The summed E-state index contributed by atoms with van der Waals surface area (Å²) in [6.07, 6.45) is 0. The number of alkyl halides is 2. The molecule has 0 spiro atoms. The monoisotopic (exact) mass is 433 g/mol. The topological polar surface area (TPSA) is 47.6 Å². The van der Waals surface area contributed by atoms with Crippen LogP contribution in [0.2, 0.25) is 0 Å². The van der Waals surface area contributed by atoms with Crippen molar-refractivity contribution in [2.75, 3.05) is 7.11 Å². The summed E-state index contributed by atoms with van der Waals surface area (Å²) in [5.74, 6) is -0.0938. The van der Waals surface area contributed by atoms with Crippen molar-refractivity contribution in [3.8, 4) is 11.5 Å². The highest BCUT2D eigenvalue weighted by molar-refractivity contribution is 14.1. The highest BCUT2D eigenvalue weighted by Gasteiger charge is 2.13. The number of hydrogen-bond acceptors (Lipinski definition) is 3. The summed E-state index contributed by atoms with van der Waals surface area (Å²) in [6.45, 7) is -2.76. The third-order valence-electron chi connectivity index (χ3n) is 3.02. The van der Waals surface area contributed by atoms with E-state index in [1.165, 1.54) is 19.2 Å². The van der Waals surface area contributed by atoms with Gasteiger partial charge in [0.1, 0.15) is 0 Å². The largest absolute Gasteiger partial charge is 0.493 e. The molecule has 0 heterocycles. The summed E-state index contributed by atoms with van der Waals surface area (Å²) in [4.78, 5) is 12.1. The minimum absolute atomic E-state index is 0.0662. The van der Waals surface area contributed by atoms with Gasteiger partial charge in [-0.05, 0) is 52.4 Å². The number of benzene rings is 2. The number of hydrogen-bond donors (Lipinski definition) is 1. The molecule has 0 unspecified atom stereocenters. The molecule has 1 N–H and O–H groups in total. The molecule has 23 heavy (non-hydrogen) atoms. The molecule has 2 aromatic carbocycles. The van der Waals surface area contributed by atoms with Crippen LogP contribution in [0.3, 0.4) is 0 Å². The molecule has 0 aliphatic heterocycles. The lowest BCUT2D eigenvalue weighted by atomic mass is 10.1. The third-order valence-corrected chi connectivity index (χ3v) is 3.96. The van der Waals surface area contributed by atoms with E-state index in [-0.39, 0.29) is 24.0 Å². The average Bonchev–Trinajstić information content (AvgIpc) is 2.52. The Bertz CT molecular complexity index is 695. The molecule has 0 fully saturated rings. The molecule has 7 heteroatoms. The van der Waals surface area contributed by atoms with Crippen LogP contribution in [0.1, 0.15) is 15.9 Å². The molecular formula is C16H14F2INO3. The number of rotatable bonds is 6. The third kappa shape index (κ3) is 4.78. The van der Waals surface area contributed by atoms with Gasteiger partial charge in [-0.25, -0.2) is 0 Å². The summed E-state index contributed by atoms with van der Waals surface area (Å²) in [7, 11) is 1.37. The second-order valence-corrected chi connectivity index (χ2v) is 5.69. The molecular weight excluding hydrogens is 419 g/mol. The summed E-state index contributed by atoms with van der Waals surface area (Å²) >= 11 is 2.08. The Kier molecular flexibility index (Phi) is 6.14. The number of carbonyl (C=O) groups is 1. The van der Waals surface area contributed by atoms with E-state index < -0.39 is 6.61 Å². The van der Waals surface area contributed by atoms with Gasteiger partial charge in [-0.3, -0.25) is 4.79 Å². The van der Waals surface area contributed by atoms with E-state index in [1.807, 2.05) is 12.1 Å². The molecule has 0 saturated heterocycles. The molecule has 0 aliphatic rings. The van der Waals surface area contributed by atoms with Gasteiger partial charge in [0.15, 0.2) is 11.5 Å². The quantitative estimate of drug-likeness (QED) is 0.705. The number of ether oxygens (including phenoxy) is 2.